The highest BCUT2D eigenvalue weighted by molar-refractivity contribution is 14.1. The molecule has 0 aromatic carbocycles. The fraction of sp³-hybridized carbons (Fsp3) is 0.833. The average Bonchev–Trinajstić information content (AvgIpc) is 2.74. The third-order valence-corrected chi connectivity index (χ3v) is 5.26. The van der Waals surface area contributed by atoms with Gasteiger partial charge < -0.3 is 0 Å². The van der Waals surface area contributed by atoms with Gasteiger partial charge in [0.25, 0.3) is 0 Å². The van der Waals surface area contributed by atoms with Gasteiger partial charge in [-0.1, -0.05) is 26.2 Å². The van der Waals surface area contributed by atoms with E-state index in [2.05, 4.69) is 38.9 Å². The molecule has 1 fully saturated rings. The number of halogens is 1. The van der Waals surface area contributed by atoms with Crippen molar-refractivity contribution in [2.24, 2.45) is 5.92 Å². The molecule has 0 unspecified atom stereocenters. The monoisotopic (exact) mass is 350 g/mol. The topological polar surface area (TPSA) is 25.8 Å². The molecule has 16 heavy (non-hydrogen) atoms. The van der Waals surface area contributed by atoms with Crippen LogP contribution < -0.4 is 0 Å². The van der Waals surface area contributed by atoms with Gasteiger partial charge in [0.15, 0.2) is 0 Å². The number of aromatic nitrogens is 2. The molecule has 0 saturated heterocycles. The Morgan fingerprint density at radius 1 is 1.31 bits per heavy atom. The van der Waals surface area contributed by atoms with E-state index in [1.54, 1.807) is 11.5 Å². The third-order valence-electron chi connectivity index (χ3n) is 3.58. The van der Waals surface area contributed by atoms with Crippen LogP contribution in [-0.2, 0) is 0 Å². The molecule has 0 radical (unpaired) electrons. The molecule has 0 bridgehead atoms. The van der Waals surface area contributed by atoms with E-state index in [0.717, 1.165) is 9.75 Å². The number of unbranched alkanes of at least 4 members (excludes halogenated alkanes) is 1. The predicted molar refractivity (Wildman–Crippen MR) is 76.9 cm³/mol. The molecule has 4 heteroatoms. The highest BCUT2D eigenvalue weighted by Crippen LogP contribution is 2.38. The summed E-state index contributed by atoms with van der Waals surface area (Å²) in [4.78, 5) is 4.52. The summed E-state index contributed by atoms with van der Waals surface area (Å²) in [7, 11) is 0. The maximum Gasteiger partial charge on any atom is 0.203 e. The smallest absolute Gasteiger partial charge is 0.203 e. The molecule has 0 atom stereocenters. The van der Waals surface area contributed by atoms with E-state index in [1.165, 1.54) is 50.0 Å². The fourth-order valence-electron chi connectivity index (χ4n) is 2.57. The van der Waals surface area contributed by atoms with Crippen LogP contribution in [0, 0.1) is 9.75 Å². The normalized spacial score (nSPS) is 25.9. The third kappa shape index (κ3) is 3.39. The first-order valence-corrected chi connectivity index (χ1v) is 8.14. The van der Waals surface area contributed by atoms with E-state index in [9.17, 15) is 0 Å². The largest absolute Gasteiger partial charge is 0.215 e. The number of rotatable bonds is 4. The molecular formula is C12H19IN2S. The summed E-state index contributed by atoms with van der Waals surface area (Å²) in [5, 5.41) is 1.28. The van der Waals surface area contributed by atoms with Gasteiger partial charge >= 0.3 is 0 Å². The number of hydrogen-bond donors (Lipinski definition) is 0. The molecule has 2 rings (SSSR count). The van der Waals surface area contributed by atoms with Crippen LogP contribution in [0.2, 0.25) is 0 Å². The minimum Gasteiger partial charge on any atom is -0.215 e. The Kier molecular flexibility index (Phi) is 5.00. The summed E-state index contributed by atoms with van der Waals surface area (Å²) in [5.41, 5.74) is 0. The van der Waals surface area contributed by atoms with Crippen molar-refractivity contribution < 1.29 is 0 Å². The minimum atomic E-state index is 0.707. The molecule has 2 nitrogen and oxygen atoms in total. The Labute approximate surface area is 116 Å². The predicted octanol–water partition coefficient (Wildman–Crippen LogP) is 4.61. The summed E-state index contributed by atoms with van der Waals surface area (Å²) < 4.78 is 5.20. The standard InChI is InChI=1S/C12H19IN2S/c1-2-3-4-9-5-7-10(8-6-9)11-14-12(13)15-16-11/h9-10H,2-8H2,1H3. The first-order chi connectivity index (χ1) is 7.79. The second-order valence-electron chi connectivity index (χ2n) is 4.76. The summed E-state index contributed by atoms with van der Waals surface area (Å²) in [6.45, 7) is 2.29. The molecule has 1 aromatic rings. The Hall–Kier alpha value is 0.290. The summed E-state index contributed by atoms with van der Waals surface area (Å²) >= 11 is 3.81. The van der Waals surface area contributed by atoms with Crippen LogP contribution in [0.4, 0.5) is 0 Å². The molecule has 0 N–H and O–H groups in total. The lowest BCUT2D eigenvalue weighted by molar-refractivity contribution is 0.304. The van der Waals surface area contributed by atoms with Crippen molar-refractivity contribution in [3.05, 3.63) is 8.84 Å². The first-order valence-electron chi connectivity index (χ1n) is 6.28. The zero-order valence-corrected chi connectivity index (χ0v) is 12.8. The molecule has 0 amide bonds. The van der Waals surface area contributed by atoms with Gasteiger partial charge in [-0.2, -0.15) is 4.37 Å². The zero-order chi connectivity index (χ0) is 11.4. The van der Waals surface area contributed by atoms with Crippen molar-refractivity contribution in [2.45, 2.75) is 57.8 Å². The fourth-order valence-corrected chi connectivity index (χ4v) is 4.01. The molecule has 90 valence electrons. The maximum atomic E-state index is 4.52. The molecule has 1 aromatic heterocycles. The lowest BCUT2D eigenvalue weighted by atomic mass is 9.80. The molecule has 1 aliphatic carbocycles. The van der Waals surface area contributed by atoms with Gasteiger partial charge in [-0.25, -0.2) is 4.98 Å². The van der Waals surface area contributed by atoms with Crippen molar-refractivity contribution in [1.29, 1.82) is 0 Å². The van der Waals surface area contributed by atoms with Gasteiger partial charge in [0.2, 0.25) is 3.83 Å². The first kappa shape index (κ1) is 12.7. The van der Waals surface area contributed by atoms with Gasteiger partial charge in [-0.3, -0.25) is 0 Å². The van der Waals surface area contributed by atoms with Crippen LogP contribution >= 0.6 is 34.1 Å². The summed E-state index contributed by atoms with van der Waals surface area (Å²) in [6.07, 6.45) is 9.67. The van der Waals surface area contributed by atoms with Crippen molar-refractivity contribution in [1.82, 2.24) is 9.36 Å². The van der Waals surface area contributed by atoms with Crippen LogP contribution in [0.15, 0.2) is 0 Å². The molecule has 1 heterocycles. The van der Waals surface area contributed by atoms with Crippen molar-refractivity contribution in [3.63, 3.8) is 0 Å². The Balaban J connectivity index is 1.81. The van der Waals surface area contributed by atoms with E-state index in [-0.39, 0.29) is 0 Å². The second kappa shape index (κ2) is 6.28. The maximum absolute atomic E-state index is 4.52. The summed E-state index contributed by atoms with van der Waals surface area (Å²) in [5.74, 6) is 1.70. The number of hydrogen-bond acceptors (Lipinski definition) is 3. The Morgan fingerprint density at radius 3 is 2.62 bits per heavy atom. The van der Waals surface area contributed by atoms with E-state index in [1.807, 2.05) is 0 Å². The molecular weight excluding hydrogens is 331 g/mol. The lowest BCUT2D eigenvalue weighted by Crippen LogP contribution is -2.13. The molecule has 0 spiro atoms. The van der Waals surface area contributed by atoms with Gasteiger partial charge in [-0.15, -0.1) is 0 Å². The number of nitrogens with zero attached hydrogens (tertiary/aromatic N) is 2. The minimum absolute atomic E-state index is 0.707. The zero-order valence-electron chi connectivity index (χ0n) is 9.79. The Morgan fingerprint density at radius 2 is 2.06 bits per heavy atom. The molecule has 1 aliphatic rings. The van der Waals surface area contributed by atoms with Crippen molar-refractivity contribution in [3.8, 4) is 0 Å². The van der Waals surface area contributed by atoms with Gasteiger partial charge in [0, 0.05) is 28.5 Å². The van der Waals surface area contributed by atoms with Crippen LogP contribution in [0.25, 0.3) is 0 Å². The van der Waals surface area contributed by atoms with E-state index in [4.69, 9.17) is 0 Å². The van der Waals surface area contributed by atoms with E-state index < -0.39 is 0 Å². The van der Waals surface area contributed by atoms with E-state index >= 15 is 0 Å². The van der Waals surface area contributed by atoms with Crippen LogP contribution in [-0.4, -0.2) is 9.36 Å². The molecule has 1 saturated carbocycles. The van der Waals surface area contributed by atoms with Crippen molar-refractivity contribution in [2.75, 3.05) is 0 Å². The van der Waals surface area contributed by atoms with Crippen LogP contribution in [0.5, 0.6) is 0 Å². The van der Waals surface area contributed by atoms with Gasteiger partial charge in [-0.05, 0) is 43.1 Å². The summed E-state index contributed by atoms with van der Waals surface area (Å²) in [6, 6.07) is 0. The quantitative estimate of drug-likeness (QED) is 0.742. The SMILES string of the molecule is CCCCC1CCC(c2nc(I)ns2)CC1. The van der Waals surface area contributed by atoms with Gasteiger partial charge in [0.05, 0.1) is 0 Å². The second-order valence-corrected chi connectivity index (χ2v) is 6.51. The highest BCUT2D eigenvalue weighted by Gasteiger charge is 2.24. The highest BCUT2D eigenvalue weighted by atomic mass is 127. The lowest BCUT2D eigenvalue weighted by Gasteiger charge is -2.26. The van der Waals surface area contributed by atoms with Gasteiger partial charge in [0.1, 0.15) is 5.01 Å². The van der Waals surface area contributed by atoms with Crippen LogP contribution in [0.1, 0.15) is 62.8 Å². The molecule has 0 aliphatic heterocycles. The Bertz CT molecular complexity index is 319. The van der Waals surface area contributed by atoms with E-state index in [0.29, 0.717) is 5.92 Å². The average molecular weight is 350 g/mol. The van der Waals surface area contributed by atoms with Crippen molar-refractivity contribution >= 4 is 34.1 Å². The van der Waals surface area contributed by atoms with Crippen LogP contribution in [0.3, 0.4) is 0 Å².